The fourth-order valence-electron chi connectivity index (χ4n) is 1.44. The molecule has 4 heteroatoms. The molecule has 0 amide bonds. The Kier molecular flexibility index (Phi) is 6.81. The van der Waals surface area contributed by atoms with E-state index in [1.165, 1.54) is 5.56 Å². The highest BCUT2D eigenvalue weighted by molar-refractivity contribution is 6.42. The highest BCUT2D eigenvalue weighted by Crippen LogP contribution is 2.22. The van der Waals surface area contributed by atoms with Gasteiger partial charge in [0.15, 0.2) is 0 Å². The average molecular weight is 261 g/mol. The Morgan fingerprint density at radius 3 is 2.56 bits per heavy atom. The molecule has 0 heterocycles. The maximum absolute atomic E-state index is 5.93. The van der Waals surface area contributed by atoms with E-state index in [0.29, 0.717) is 10.0 Å². The van der Waals surface area contributed by atoms with Crippen molar-refractivity contribution in [3.05, 3.63) is 33.8 Å². The molecule has 0 aliphatic heterocycles. The van der Waals surface area contributed by atoms with Crippen LogP contribution in [0.2, 0.25) is 10.0 Å². The first-order valence-corrected chi connectivity index (χ1v) is 6.29. The zero-order valence-corrected chi connectivity index (χ0v) is 11.0. The number of rotatable bonds is 7. The zero-order chi connectivity index (χ0) is 11.8. The molecule has 0 aromatic heterocycles. The average Bonchev–Trinajstić information content (AvgIpc) is 2.28. The maximum atomic E-state index is 5.93. The monoisotopic (exact) mass is 260 g/mol. The molecule has 2 N–H and O–H groups in total. The number of nitrogens with one attached hydrogen (secondary N) is 2. The third-order valence-corrected chi connectivity index (χ3v) is 3.09. The summed E-state index contributed by atoms with van der Waals surface area (Å²) in [5.41, 5.74) is 1.22. The smallest absolute Gasteiger partial charge is 0.0595 e. The second-order valence-electron chi connectivity index (χ2n) is 3.71. The predicted molar refractivity (Wildman–Crippen MR) is 71.6 cm³/mol. The van der Waals surface area contributed by atoms with Crippen LogP contribution >= 0.6 is 23.2 Å². The molecule has 2 nitrogen and oxygen atoms in total. The molecule has 1 aromatic carbocycles. The van der Waals surface area contributed by atoms with Crippen LogP contribution in [-0.2, 0) is 6.42 Å². The summed E-state index contributed by atoms with van der Waals surface area (Å²) in [7, 11) is 1.97. The number of benzene rings is 1. The van der Waals surface area contributed by atoms with Gasteiger partial charge in [0.2, 0.25) is 0 Å². The van der Waals surface area contributed by atoms with Crippen molar-refractivity contribution in [2.24, 2.45) is 0 Å². The highest BCUT2D eigenvalue weighted by atomic mass is 35.5. The van der Waals surface area contributed by atoms with E-state index in [2.05, 4.69) is 10.6 Å². The molecule has 0 aliphatic carbocycles. The second kappa shape index (κ2) is 7.91. The molecule has 0 atom stereocenters. The van der Waals surface area contributed by atoms with Gasteiger partial charge in [-0.2, -0.15) is 0 Å². The second-order valence-corrected chi connectivity index (χ2v) is 4.52. The Bertz CT molecular complexity index is 316. The van der Waals surface area contributed by atoms with Crippen molar-refractivity contribution in [1.29, 1.82) is 0 Å². The molecule has 0 saturated carbocycles. The SMILES string of the molecule is CNCCCNCCc1ccc(Cl)c(Cl)c1. The van der Waals surface area contributed by atoms with Crippen LogP contribution in [-0.4, -0.2) is 26.7 Å². The lowest BCUT2D eigenvalue weighted by Gasteiger charge is -2.05. The maximum Gasteiger partial charge on any atom is 0.0595 e. The Morgan fingerprint density at radius 1 is 1.06 bits per heavy atom. The third kappa shape index (κ3) is 5.17. The minimum absolute atomic E-state index is 0.618. The van der Waals surface area contributed by atoms with E-state index in [-0.39, 0.29) is 0 Å². The van der Waals surface area contributed by atoms with Gasteiger partial charge in [-0.25, -0.2) is 0 Å². The quantitative estimate of drug-likeness (QED) is 0.737. The first-order valence-electron chi connectivity index (χ1n) is 5.53. The Labute approximate surface area is 107 Å². The molecule has 0 fully saturated rings. The summed E-state index contributed by atoms with van der Waals surface area (Å²) in [6.07, 6.45) is 2.13. The molecule has 16 heavy (non-hydrogen) atoms. The number of hydrogen-bond acceptors (Lipinski definition) is 2. The summed E-state index contributed by atoms with van der Waals surface area (Å²) in [6.45, 7) is 3.07. The van der Waals surface area contributed by atoms with Crippen molar-refractivity contribution in [1.82, 2.24) is 10.6 Å². The summed E-state index contributed by atoms with van der Waals surface area (Å²) in [6, 6.07) is 5.79. The normalized spacial score (nSPS) is 10.7. The van der Waals surface area contributed by atoms with E-state index in [1.54, 1.807) is 0 Å². The van der Waals surface area contributed by atoms with Crippen LogP contribution in [0.15, 0.2) is 18.2 Å². The summed E-state index contributed by atoms with van der Waals surface area (Å²) < 4.78 is 0. The lowest BCUT2D eigenvalue weighted by atomic mass is 10.1. The van der Waals surface area contributed by atoms with Crippen LogP contribution in [0.5, 0.6) is 0 Å². The van der Waals surface area contributed by atoms with Gasteiger partial charge in [-0.15, -0.1) is 0 Å². The van der Waals surface area contributed by atoms with Crippen molar-refractivity contribution in [3.8, 4) is 0 Å². The predicted octanol–water partition coefficient (Wildman–Crippen LogP) is 2.74. The van der Waals surface area contributed by atoms with E-state index in [1.807, 2.05) is 25.2 Å². The van der Waals surface area contributed by atoms with E-state index in [0.717, 1.165) is 32.5 Å². The molecular weight excluding hydrogens is 243 g/mol. The molecule has 0 radical (unpaired) electrons. The molecule has 0 spiro atoms. The van der Waals surface area contributed by atoms with Crippen molar-refractivity contribution >= 4 is 23.2 Å². The van der Waals surface area contributed by atoms with Crippen LogP contribution in [0.3, 0.4) is 0 Å². The first-order chi connectivity index (χ1) is 7.74. The zero-order valence-electron chi connectivity index (χ0n) is 9.52. The van der Waals surface area contributed by atoms with Gasteiger partial charge in [-0.05, 0) is 57.2 Å². The van der Waals surface area contributed by atoms with Gasteiger partial charge >= 0.3 is 0 Å². The summed E-state index contributed by atoms with van der Waals surface area (Å²) >= 11 is 11.8. The standard InChI is InChI=1S/C12H18Cl2N2/c1-15-6-2-7-16-8-5-10-3-4-11(13)12(14)9-10/h3-4,9,15-16H,2,5-8H2,1H3. The van der Waals surface area contributed by atoms with Crippen LogP contribution < -0.4 is 10.6 Å². The Hall–Kier alpha value is -0.280. The van der Waals surface area contributed by atoms with E-state index >= 15 is 0 Å². The van der Waals surface area contributed by atoms with E-state index < -0.39 is 0 Å². The van der Waals surface area contributed by atoms with Gasteiger partial charge in [0.25, 0.3) is 0 Å². The first kappa shape index (κ1) is 13.8. The van der Waals surface area contributed by atoms with Gasteiger partial charge in [-0.1, -0.05) is 29.3 Å². The fourth-order valence-corrected chi connectivity index (χ4v) is 1.76. The summed E-state index contributed by atoms with van der Waals surface area (Å²) in [4.78, 5) is 0. The van der Waals surface area contributed by atoms with Crippen molar-refractivity contribution < 1.29 is 0 Å². The number of hydrogen-bond donors (Lipinski definition) is 2. The Morgan fingerprint density at radius 2 is 1.88 bits per heavy atom. The molecule has 1 aromatic rings. The van der Waals surface area contributed by atoms with E-state index in [4.69, 9.17) is 23.2 Å². The fraction of sp³-hybridized carbons (Fsp3) is 0.500. The van der Waals surface area contributed by atoms with Crippen LogP contribution in [0.25, 0.3) is 0 Å². The Balaban J connectivity index is 2.19. The number of halogens is 2. The van der Waals surface area contributed by atoms with Gasteiger partial charge in [-0.3, -0.25) is 0 Å². The lowest BCUT2D eigenvalue weighted by Crippen LogP contribution is -2.21. The van der Waals surface area contributed by atoms with Gasteiger partial charge in [0.05, 0.1) is 10.0 Å². The molecule has 0 aliphatic rings. The molecule has 0 unspecified atom stereocenters. The summed E-state index contributed by atoms with van der Waals surface area (Å²) in [5, 5.41) is 7.76. The molecule has 0 saturated heterocycles. The molecule has 1 rings (SSSR count). The lowest BCUT2D eigenvalue weighted by molar-refractivity contribution is 0.625. The van der Waals surface area contributed by atoms with Gasteiger partial charge < -0.3 is 10.6 Å². The topological polar surface area (TPSA) is 24.1 Å². The van der Waals surface area contributed by atoms with Gasteiger partial charge in [0, 0.05) is 0 Å². The van der Waals surface area contributed by atoms with E-state index in [9.17, 15) is 0 Å². The van der Waals surface area contributed by atoms with Crippen molar-refractivity contribution in [3.63, 3.8) is 0 Å². The van der Waals surface area contributed by atoms with Crippen LogP contribution in [0.4, 0.5) is 0 Å². The van der Waals surface area contributed by atoms with Crippen molar-refractivity contribution in [2.45, 2.75) is 12.8 Å². The summed E-state index contributed by atoms with van der Waals surface area (Å²) in [5.74, 6) is 0. The van der Waals surface area contributed by atoms with Gasteiger partial charge in [0.1, 0.15) is 0 Å². The highest BCUT2D eigenvalue weighted by Gasteiger charge is 1.99. The van der Waals surface area contributed by atoms with Crippen LogP contribution in [0, 0.1) is 0 Å². The largest absolute Gasteiger partial charge is 0.320 e. The molecule has 0 bridgehead atoms. The van der Waals surface area contributed by atoms with Crippen LogP contribution in [0.1, 0.15) is 12.0 Å². The molecule has 90 valence electrons. The minimum atomic E-state index is 0.618. The minimum Gasteiger partial charge on any atom is -0.320 e. The molecular formula is C12H18Cl2N2. The van der Waals surface area contributed by atoms with Crippen molar-refractivity contribution in [2.75, 3.05) is 26.7 Å². The third-order valence-electron chi connectivity index (χ3n) is 2.35.